The number of H-pyrrole nitrogens is 1. The van der Waals surface area contributed by atoms with Crippen molar-refractivity contribution in [1.29, 1.82) is 0 Å². The molecular formula is C15H15N5. The second-order valence-corrected chi connectivity index (χ2v) is 4.96. The van der Waals surface area contributed by atoms with Crippen LogP contribution in [0.2, 0.25) is 0 Å². The first-order valence-electron chi connectivity index (χ1n) is 6.75. The summed E-state index contributed by atoms with van der Waals surface area (Å²) < 4.78 is 2.00. The summed E-state index contributed by atoms with van der Waals surface area (Å²) in [6, 6.07) is 8.70. The van der Waals surface area contributed by atoms with Gasteiger partial charge in [0.1, 0.15) is 0 Å². The van der Waals surface area contributed by atoms with Crippen molar-refractivity contribution in [1.82, 2.24) is 24.8 Å². The highest BCUT2D eigenvalue weighted by molar-refractivity contribution is 5.39. The predicted octanol–water partition coefficient (Wildman–Crippen LogP) is 1.83. The minimum Gasteiger partial charge on any atom is -0.348 e. The highest BCUT2D eigenvalue weighted by atomic mass is 15.0. The molecule has 20 heavy (non-hydrogen) atoms. The Balaban J connectivity index is 1.68. The Morgan fingerprint density at radius 1 is 1.20 bits per heavy atom. The van der Waals surface area contributed by atoms with Crippen LogP contribution in [0, 0.1) is 0 Å². The van der Waals surface area contributed by atoms with Gasteiger partial charge in [0, 0.05) is 36.7 Å². The molecule has 1 aliphatic rings. The van der Waals surface area contributed by atoms with E-state index >= 15 is 0 Å². The van der Waals surface area contributed by atoms with Crippen LogP contribution in [0.1, 0.15) is 23.0 Å². The maximum atomic E-state index is 4.45. The van der Waals surface area contributed by atoms with Crippen LogP contribution < -0.4 is 5.32 Å². The molecule has 0 saturated carbocycles. The zero-order valence-electron chi connectivity index (χ0n) is 11.0. The fourth-order valence-electron chi connectivity index (χ4n) is 2.75. The molecule has 0 fully saturated rings. The van der Waals surface area contributed by atoms with Crippen LogP contribution in [0.25, 0.3) is 5.69 Å². The van der Waals surface area contributed by atoms with Crippen LogP contribution in [0.3, 0.4) is 0 Å². The van der Waals surface area contributed by atoms with E-state index in [9.17, 15) is 0 Å². The largest absolute Gasteiger partial charge is 0.348 e. The molecular weight excluding hydrogens is 250 g/mol. The Hall–Kier alpha value is -2.40. The molecule has 0 bridgehead atoms. The second-order valence-electron chi connectivity index (χ2n) is 4.96. The highest BCUT2D eigenvalue weighted by Gasteiger charge is 2.23. The Labute approximate surface area is 116 Å². The summed E-state index contributed by atoms with van der Waals surface area (Å²) in [5.74, 6) is 0. The van der Waals surface area contributed by atoms with Gasteiger partial charge in [-0.15, -0.1) is 0 Å². The number of fused-ring (bicyclic) bond motifs is 1. The van der Waals surface area contributed by atoms with Gasteiger partial charge in [-0.25, -0.2) is 9.97 Å². The Kier molecular flexibility index (Phi) is 2.63. The van der Waals surface area contributed by atoms with Crippen LogP contribution in [0.5, 0.6) is 0 Å². The van der Waals surface area contributed by atoms with E-state index in [4.69, 9.17) is 0 Å². The number of hydrogen-bond acceptors (Lipinski definition) is 3. The number of benzene rings is 1. The van der Waals surface area contributed by atoms with E-state index in [-0.39, 0.29) is 6.04 Å². The zero-order valence-corrected chi connectivity index (χ0v) is 11.0. The van der Waals surface area contributed by atoms with Gasteiger partial charge in [0.25, 0.3) is 0 Å². The summed E-state index contributed by atoms with van der Waals surface area (Å²) in [7, 11) is 0. The number of imidazole rings is 2. The second kappa shape index (κ2) is 4.61. The van der Waals surface area contributed by atoms with Gasteiger partial charge in [-0.2, -0.15) is 0 Å². The van der Waals surface area contributed by atoms with E-state index < -0.39 is 0 Å². The van der Waals surface area contributed by atoms with Gasteiger partial charge < -0.3 is 14.9 Å². The molecule has 2 N–H and O–H groups in total. The van der Waals surface area contributed by atoms with Crippen LogP contribution in [-0.2, 0) is 6.42 Å². The fraction of sp³-hybridized carbons (Fsp3) is 0.200. The van der Waals surface area contributed by atoms with Crippen molar-refractivity contribution < 1.29 is 0 Å². The first-order chi connectivity index (χ1) is 9.92. The molecule has 100 valence electrons. The molecule has 3 heterocycles. The molecule has 3 aromatic rings. The summed E-state index contributed by atoms with van der Waals surface area (Å²) in [5, 5.41) is 3.53. The molecule has 0 spiro atoms. The molecule has 4 rings (SSSR count). The maximum absolute atomic E-state index is 4.45. The van der Waals surface area contributed by atoms with Crippen molar-refractivity contribution in [2.45, 2.75) is 12.5 Å². The molecule has 5 nitrogen and oxygen atoms in total. The number of rotatable bonds is 2. The quantitative estimate of drug-likeness (QED) is 0.743. The van der Waals surface area contributed by atoms with E-state index in [1.807, 2.05) is 10.8 Å². The Bertz CT molecular complexity index is 696. The van der Waals surface area contributed by atoms with Crippen LogP contribution in [0.4, 0.5) is 0 Å². The van der Waals surface area contributed by atoms with Gasteiger partial charge in [0.2, 0.25) is 0 Å². The molecule has 0 radical (unpaired) electrons. The van der Waals surface area contributed by atoms with E-state index in [0.717, 1.165) is 24.3 Å². The third-order valence-corrected chi connectivity index (χ3v) is 3.78. The third kappa shape index (κ3) is 1.83. The lowest BCUT2D eigenvalue weighted by atomic mass is 9.98. The van der Waals surface area contributed by atoms with Crippen molar-refractivity contribution in [3.05, 3.63) is 66.3 Å². The zero-order chi connectivity index (χ0) is 13.4. The van der Waals surface area contributed by atoms with E-state index in [1.54, 1.807) is 18.9 Å². The maximum Gasteiger partial charge on any atom is 0.0991 e. The van der Waals surface area contributed by atoms with Crippen LogP contribution in [-0.4, -0.2) is 26.1 Å². The van der Waals surface area contributed by atoms with Gasteiger partial charge in [0.15, 0.2) is 0 Å². The molecule has 0 amide bonds. The van der Waals surface area contributed by atoms with Gasteiger partial charge in [-0.1, -0.05) is 12.1 Å². The van der Waals surface area contributed by atoms with Crippen molar-refractivity contribution >= 4 is 0 Å². The average molecular weight is 265 g/mol. The average Bonchev–Trinajstić information content (AvgIpc) is 3.18. The molecule has 0 unspecified atom stereocenters. The summed E-state index contributed by atoms with van der Waals surface area (Å²) in [4.78, 5) is 11.8. The summed E-state index contributed by atoms with van der Waals surface area (Å²) in [5.41, 5.74) is 4.71. The predicted molar refractivity (Wildman–Crippen MR) is 75.7 cm³/mol. The minimum absolute atomic E-state index is 0.182. The Morgan fingerprint density at radius 2 is 2.10 bits per heavy atom. The fourth-order valence-corrected chi connectivity index (χ4v) is 2.75. The van der Waals surface area contributed by atoms with Gasteiger partial charge in [-0.3, -0.25) is 0 Å². The van der Waals surface area contributed by atoms with Gasteiger partial charge >= 0.3 is 0 Å². The SMILES string of the molecule is c1cn(-c2ccc([C@H]3NCCc4[nH]cnc43)cc2)cn1. The van der Waals surface area contributed by atoms with Crippen LogP contribution in [0.15, 0.2) is 49.3 Å². The highest BCUT2D eigenvalue weighted by Crippen LogP contribution is 2.26. The lowest BCUT2D eigenvalue weighted by Gasteiger charge is -2.23. The standard InChI is InChI=1S/C15H15N5/c1-3-12(20-8-7-16-10-20)4-2-11(1)14-15-13(5-6-17-14)18-9-19-15/h1-4,7-10,14,17H,5-6H2,(H,18,19)/t14-/m1/s1. The normalized spacial score (nSPS) is 17.9. The number of hydrogen-bond donors (Lipinski definition) is 2. The molecule has 2 aromatic heterocycles. The third-order valence-electron chi connectivity index (χ3n) is 3.78. The molecule has 1 atom stereocenters. The minimum atomic E-state index is 0.182. The summed E-state index contributed by atoms with van der Waals surface area (Å²) >= 11 is 0. The lowest BCUT2D eigenvalue weighted by Crippen LogP contribution is -2.30. The monoisotopic (exact) mass is 265 g/mol. The molecule has 1 aliphatic heterocycles. The van der Waals surface area contributed by atoms with E-state index in [0.29, 0.717) is 0 Å². The van der Waals surface area contributed by atoms with Gasteiger partial charge in [-0.05, 0) is 17.7 Å². The molecule has 5 heteroatoms. The lowest BCUT2D eigenvalue weighted by molar-refractivity contribution is 0.553. The van der Waals surface area contributed by atoms with E-state index in [1.165, 1.54) is 11.3 Å². The smallest absolute Gasteiger partial charge is 0.0991 e. The van der Waals surface area contributed by atoms with Gasteiger partial charge in [0.05, 0.1) is 24.4 Å². The van der Waals surface area contributed by atoms with Crippen LogP contribution >= 0.6 is 0 Å². The number of aromatic nitrogens is 4. The molecule has 0 aliphatic carbocycles. The first kappa shape index (κ1) is 11.4. The van der Waals surface area contributed by atoms with Crippen molar-refractivity contribution in [2.75, 3.05) is 6.54 Å². The number of aromatic amines is 1. The van der Waals surface area contributed by atoms with Crippen molar-refractivity contribution in [2.24, 2.45) is 0 Å². The number of nitrogens with one attached hydrogen (secondary N) is 2. The topological polar surface area (TPSA) is 58.5 Å². The summed E-state index contributed by atoms with van der Waals surface area (Å²) in [6.45, 7) is 0.975. The van der Waals surface area contributed by atoms with Crippen molar-refractivity contribution in [3.63, 3.8) is 0 Å². The first-order valence-corrected chi connectivity index (χ1v) is 6.75. The van der Waals surface area contributed by atoms with E-state index in [2.05, 4.69) is 44.5 Å². The molecule has 1 aromatic carbocycles. The molecule has 0 saturated heterocycles. The number of nitrogens with zero attached hydrogens (tertiary/aromatic N) is 3. The summed E-state index contributed by atoms with van der Waals surface area (Å²) in [6.07, 6.45) is 8.33. The van der Waals surface area contributed by atoms with Crippen molar-refractivity contribution in [3.8, 4) is 5.69 Å². The Morgan fingerprint density at radius 3 is 2.90 bits per heavy atom.